The molecule has 2 heterocycles. The number of hydrogen-bond donors (Lipinski definition) is 2. The van der Waals surface area contributed by atoms with Crippen molar-refractivity contribution < 1.29 is 14.3 Å². The SMILES string of the molecule is Cc1ccc(C(=O)NC(C)CC(O)c2ccco2)cn1. The van der Waals surface area contributed by atoms with E-state index in [2.05, 4.69) is 10.3 Å². The van der Waals surface area contributed by atoms with Crippen LogP contribution in [0.15, 0.2) is 41.1 Å². The number of aromatic nitrogens is 1. The average molecular weight is 274 g/mol. The van der Waals surface area contributed by atoms with Crippen LogP contribution in [0.3, 0.4) is 0 Å². The summed E-state index contributed by atoms with van der Waals surface area (Å²) in [6.07, 6.45) is 2.72. The van der Waals surface area contributed by atoms with Gasteiger partial charge in [0, 0.05) is 24.4 Å². The van der Waals surface area contributed by atoms with Gasteiger partial charge >= 0.3 is 0 Å². The van der Waals surface area contributed by atoms with Gasteiger partial charge in [-0.3, -0.25) is 9.78 Å². The van der Waals surface area contributed by atoms with Gasteiger partial charge in [-0.15, -0.1) is 0 Å². The minimum Gasteiger partial charge on any atom is -0.467 e. The van der Waals surface area contributed by atoms with Crippen LogP contribution >= 0.6 is 0 Å². The maximum Gasteiger partial charge on any atom is 0.253 e. The lowest BCUT2D eigenvalue weighted by Gasteiger charge is -2.16. The van der Waals surface area contributed by atoms with Gasteiger partial charge < -0.3 is 14.8 Å². The summed E-state index contributed by atoms with van der Waals surface area (Å²) in [5.41, 5.74) is 1.37. The topological polar surface area (TPSA) is 75.4 Å². The van der Waals surface area contributed by atoms with E-state index < -0.39 is 6.10 Å². The molecule has 5 nitrogen and oxygen atoms in total. The maximum absolute atomic E-state index is 12.0. The van der Waals surface area contributed by atoms with Crippen molar-refractivity contribution in [2.75, 3.05) is 0 Å². The molecule has 2 N–H and O–H groups in total. The molecule has 0 fully saturated rings. The molecule has 2 aromatic rings. The first kappa shape index (κ1) is 14.3. The highest BCUT2D eigenvalue weighted by molar-refractivity contribution is 5.94. The fourth-order valence-electron chi connectivity index (χ4n) is 1.90. The van der Waals surface area contributed by atoms with Crippen molar-refractivity contribution in [1.29, 1.82) is 0 Å². The van der Waals surface area contributed by atoms with Crippen molar-refractivity contribution in [2.24, 2.45) is 0 Å². The van der Waals surface area contributed by atoms with Gasteiger partial charge in [0.2, 0.25) is 0 Å². The fraction of sp³-hybridized carbons (Fsp3) is 0.333. The summed E-state index contributed by atoms with van der Waals surface area (Å²) in [7, 11) is 0. The molecular formula is C15H18N2O3. The smallest absolute Gasteiger partial charge is 0.253 e. The van der Waals surface area contributed by atoms with Crippen LogP contribution in [0.4, 0.5) is 0 Å². The number of aryl methyl sites for hydroxylation is 1. The predicted octanol–water partition coefficient (Wildman–Crippen LogP) is 2.23. The Labute approximate surface area is 117 Å². The number of hydrogen-bond acceptors (Lipinski definition) is 4. The molecule has 2 atom stereocenters. The van der Waals surface area contributed by atoms with Gasteiger partial charge in [-0.25, -0.2) is 0 Å². The lowest BCUT2D eigenvalue weighted by molar-refractivity contribution is 0.0903. The number of carbonyl (C=O) groups is 1. The van der Waals surface area contributed by atoms with Crippen molar-refractivity contribution in [2.45, 2.75) is 32.4 Å². The summed E-state index contributed by atoms with van der Waals surface area (Å²) in [6.45, 7) is 3.70. The van der Waals surface area contributed by atoms with Crippen molar-refractivity contribution in [1.82, 2.24) is 10.3 Å². The number of pyridine rings is 1. The van der Waals surface area contributed by atoms with Crippen LogP contribution in [-0.4, -0.2) is 22.0 Å². The first-order chi connectivity index (χ1) is 9.56. The molecule has 0 aliphatic rings. The van der Waals surface area contributed by atoms with Gasteiger partial charge in [-0.05, 0) is 38.1 Å². The average Bonchev–Trinajstić information content (AvgIpc) is 2.93. The molecule has 0 aromatic carbocycles. The predicted molar refractivity (Wildman–Crippen MR) is 74.2 cm³/mol. The largest absolute Gasteiger partial charge is 0.467 e. The van der Waals surface area contributed by atoms with E-state index in [9.17, 15) is 9.90 Å². The van der Waals surface area contributed by atoms with E-state index in [1.165, 1.54) is 6.26 Å². The second kappa shape index (κ2) is 6.34. The molecule has 0 bridgehead atoms. The zero-order valence-corrected chi connectivity index (χ0v) is 11.5. The molecule has 106 valence electrons. The second-order valence-electron chi connectivity index (χ2n) is 4.83. The number of aliphatic hydroxyl groups excluding tert-OH is 1. The molecule has 2 rings (SSSR count). The summed E-state index contributed by atoms with van der Waals surface area (Å²) in [6, 6.07) is 6.77. The molecular weight excluding hydrogens is 256 g/mol. The van der Waals surface area contributed by atoms with Crippen molar-refractivity contribution in [3.8, 4) is 0 Å². The summed E-state index contributed by atoms with van der Waals surface area (Å²) in [5.74, 6) is 0.305. The monoisotopic (exact) mass is 274 g/mol. The van der Waals surface area contributed by atoms with Crippen LogP contribution in [0.1, 0.15) is 41.3 Å². The summed E-state index contributed by atoms with van der Waals surface area (Å²) < 4.78 is 5.13. The first-order valence-corrected chi connectivity index (χ1v) is 6.51. The van der Waals surface area contributed by atoms with E-state index >= 15 is 0 Å². The number of rotatable bonds is 5. The molecule has 0 aliphatic carbocycles. The third-order valence-electron chi connectivity index (χ3n) is 3.00. The Hall–Kier alpha value is -2.14. The van der Waals surface area contributed by atoms with E-state index in [0.29, 0.717) is 17.7 Å². The summed E-state index contributed by atoms with van der Waals surface area (Å²) >= 11 is 0. The second-order valence-corrected chi connectivity index (χ2v) is 4.83. The minimum absolute atomic E-state index is 0.177. The molecule has 1 amide bonds. The molecule has 0 radical (unpaired) electrons. The molecule has 2 unspecified atom stereocenters. The Morgan fingerprint density at radius 1 is 1.45 bits per heavy atom. The Morgan fingerprint density at radius 3 is 2.85 bits per heavy atom. The van der Waals surface area contributed by atoms with Crippen LogP contribution in [0.25, 0.3) is 0 Å². The van der Waals surface area contributed by atoms with E-state index in [-0.39, 0.29) is 11.9 Å². The first-order valence-electron chi connectivity index (χ1n) is 6.51. The van der Waals surface area contributed by atoms with Crippen molar-refractivity contribution in [3.05, 3.63) is 53.7 Å². The van der Waals surface area contributed by atoms with E-state index in [1.807, 2.05) is 13.8 Å². The molecule has 5 heteroatoms. The van der Waals surface area contributed by atoms with E-state index in [0.717, 1.165) is 5.69 Å². The van der Waals surface area contributed by atoms with Gasteiger partial charge in [-0.2, -0.15) is 0 Å². The van der Waals surface area contributed by atoms with Crippen LogP contribution < -0.4 is 5.32 Å². The van der Waals surface area contributed by atoms with Crippen LogP contribution in [-0.2, 0) is 0 Å². The highest BCUT2D eigenvalue weighted by Crippen LogP contribution is 2.18. The van der Waals surface area contributed by atoms with Crippen LogP contribution in [0, 0.1) is 6.92 Å². The Bertz CT molecular complexity index is 549. The molecule has 0 saturated carbocycles. The Kier molecular flexibility index (Phi) is 4.53. The third kappa shape index (κ3) is 3.68. The van der Waals surface area contributed by atoms with Crippen molar-refractivity contribution >= 4 is 5.91 Å². The summed E-state index contributed by atoms with van der Waals surface area (Å²) in [5, 5.41) is 12.8. The summed E-state index contributed by atoms with van der Waals surface area (Å²) in [4.78, 5) is 16.1. The minimum atomic E-state index is -0.726. The van der Waals surface area contributed by atoms with Gasteiger partial charge in [-0.1, -0.05) is 0 Å². The molecule has 2 aromatic heterocycles. The molecule has 20 heavy (non-hydrogen) atoms. The molecule has 0 aliphatic heterocycles. The molecule has 0 spiro atoms. The third-order valence-corrected chi connectivity index (χ3v) is 3.00. The zero-order chi connectivity index (χ0) is 14.5. The lowest BCUT2D eigenvalue weighted by Crippen LogP contribution is -2.33. The number of carbonyl (C=O) groups excluding carboxylic acids is 1. The standard InChI is InChI=1S/C15H18N2O3/c1-10-5-6-12(9-16-10)15(19)17-11(2)8-13(18)14-4-3-7-20-14/h3-7,9,11,13,18H,8H2,1-2H3,(H,17,19). The van der Waals surface area contributed by atoms with Gasteiger partial charge in [0.15, 0.2) is 0 Å². The highest BCUT2D eigenvalue weighted by atomic mass is 16.4. The number of nitrogens with one attached hydrogen (secondary N) is 1. The number of nitrogens with zero attached hydrogens (tertiary/aromatic N) is 1. The van der Waals surface area contributed by atoms with Gasteiger partial charge in [0.05, 0.1) is 11.8 Å². The zero-order valence-electron chi connectivity index (χ0n) is 11.5. The Morgan fingerprint density at radius 2 is 2.25 bits per heavy atom. The number of furan rings is 1. The number of aliphatic hydroxyl groups is 1. The van der Waals surface area contributed by atoms with E-state index in [4.69, 9.17) is 4.42 Å². The molecule has 0 saturated heterocycles. The van der Waals surface area contributed by atoms with Gasteiger partial charge in [0.1, 0.15) is 11.9 Å². The van der Waals surface area contributed by atoms with Gasteiger partial charge in [0.25, 0.3) is 5.91 Å². The lowest BCUT2D eigenvalue weighted by atomic mass is 10.1. The Balaban J connectivity index is 1.89. The van der Waals surface area contributed by atoms with Crippen molar-refractivity contribution in [3.63, 3.8) is 0 Å². The quantitative estimate of drug-likeness (QED) is 0.876. The van der Waals surface area contributed by atoms with Crippen LogP contribution in [0.5, 0.6) is 0 Å². The highest BCUT2D eigenvalue weighted by Gasteiger charge is 2.17. The van der Waals surface area contributed by atoms with E-state index in [1.54, 1.807) is 30.5 Å². The maximum atomic E-state index is 12.0. The fourth-order valence-corrected chi connectivity index (χ4v) is 1.90. The van der Waals surface area contributed by atoms with Crippen LogP contribution in [0.2, 0.25) is 0 Å². The normalized spacial score (nSPS) is 13.8. The number of amides is 1.